The molecule has 0 aromatic heterocycles. The van der Waals surface area contributed by atoms with Gasteiger partial charge in [-0.2, -0.15) is 0 Å². The number of aliphatic imine (C=N–C) groups is 1. The standard InChI is InChI=1S/C18H30N4O2.HI/c1-19-18(21-10-11-22-12-14-24-15-13-22)20-9-3-4-16-5-7-17(23-2)8-6-16;/h5-8H,3-4,9-15H2,1-2H3,(H2,19,20,21);1H. The lowest BCUT2D eigenvalue weighted by Gasteiger charge is -2.26. The first-order chi connectivity index (χ1) is 11.8. The molecule has 2 rings (SSSR count). The quantitative estimate of drug-likeness (QED) is 0.267. The Kier molecular flexibility index (Phi) is 11.6. The van der Waals surface area contributed by atoms with Crippen LogP contribution in [0.3, 0.4) is 0 Å². The van der Waals surface area contributed by atoms with Gasteiger partial charge in [0, 0.05) is 39.8 Å². The molecule has 1 aliphatic rings. The van der Waals surface area contributed by atoms with Crippen molar-refractivity contribution in [2.45, 2.75) is 12.8 Å². The maximum absolute atomic E-state index is 5.36. The Balaban J connectivity index is 0.00000312. The molecule has 1 fully saturated rings. The number of rotatable bonds is 8. The van der Waals surface area contributed by atoms with E-state index >= 15 is 0 Å². The molecular formula is C18H31IN4O2. The van der Waals surface area contributed by atoms with E-state index in [2.05, 4.69) is 32.7 Å². The van der Waals surface area contributed by atoms with Crippen molar-refractivity contribution in [1.29, 1.82) is 0 Å². The zero-order chi connectivity index (χ0) is 17.0. The molecule has 1 aromatic carbocycles. The Bertz CT molecular complexity index is 490. The molecule has 0 unspecified atom stereocenters. The molecule has 0 spiro atoms. The summed E-state index contributed by atoms with van der Waals surface area (Å²) in [6.45, 7) is 6.57. The van der Waals surface area contributed by atoms with Gasteiger partial charge in [-0.05, 0) is 30.5 Å². The number of hydrogen-bond donors (Lipinski definition) is 2. The van der Waals surface area contributed by atoms with E-state index in [0.29, 0.717) is 0 Å². The van der Waals surface area contributed by atoms with Crippen LogP contribution in [0, 0.1) is 0 Å². The number of hydrogen-bond acceptors (Lipinski definition) is 4. The van der Waals surface area contributed by atoms with Crippen molar-refractivity contribution < 1.29 is 9.47 Å². The average Bonchev–Trinajstić information content (AvgIpc) is 2.65. The molecular weight excluding hydrogens is 431 g/mol. The molecule has 25 heavy (non-hydrogen) atoms. The molecule has 0 amide bonds. The van der Waals surface area contributed by atoms with Gasteiger partial charge in [0.1, 0.15) is 5.75 Å². The largest absolute Gasteiger partial charge is 0.497 e. The van der Waals surface area contributed by atoms with Gasteiger partial charge in [0.25, 0.3) is 0 Å². The van der Waals surface area contributed by atoms with E-state index in [4.69, 9.17) is 9.47 Å². The van der Waals surface area contributed by atoms with Crippen LogP contribution in [0.1, 0.15) is 12.0 Å². The molecule has 6 nitrogen and oxygen atoms in total. The number of guanidine groups is 1. The molecule has 0 radical (unpaired) electrons. The van der Waals surface area contributed by atoms with Crippen molar-refractivity contribution >= 4 is 29.9 Å². The van der Waals surface area contributed by atoms with E-state index in [-0.39, 0.29) is 24.0 Å². The van der Waals surface area contributed by atoms with Crippen LogP contribution in [0.15, 0.2) is 29.3 Å². The molecule has 142 valence electrons. The highest BCUT2D eigenvalue weighted by atomic mass is 127. The fraction of sp³-hybridized carbons (Fsp3) is 0.611. The smallest absolute Gasteiger partial charge is 0.191 e. The number of nitrogens with one attached hydrogen (secondary N) is 2. The molecule has 1 aromatic rings. The van der Waals surface area contributed by atoms with E-state index in [1.807, 2.05) is 19.2 Å². The fourth-order valence-corrected chi connectivity index (χ4v) is 2.67. The number of nitrogens with zero attached hydrogens (tertiary/aromatic N) is 2. The van der Waals surface area contributed by atoms with Gasteiger partial charge >= 0.3 is 0 Å². The summed E-state index contributed by atoms with van der Waals surface area (Å²) in [6.07, 6.45) is 2.11. The number of halogens is 1. The summed E-state index contributed by atoms with van der Waals surface area (Å²) in [4.78, 5) is 6.68. The van der Waals surface area contributed by atoms with Crippen LogP contribution in [0.25, 0.3) is 0 Å². The predicted octanol–water partition coefficient (Wildman–Crippen LogP) is 1.74. The van der Waals surface area contributed by atoms with Crippen LogP contribution < -0.4 is 15.4 Å². The van der Waals surface area contributed by atoms with E-state index in [1.165, 1.54) is 5.56 Å². The molecule has 0 bridgehead atoms. The number of methoxy groups -OCH3 is 1. The van der Waals surface area contributed by atoms with Crippen LogP contribution in [-0.4, -0.2) is 71.0 Å². The van der Waals surface area contributed by atoms with Crippen molar-refractivity contribution in [2.24, 2.45) is 4.99 Å². The summed E-state index contributed by atoms with van der Waals surface area (Å²) in [5, 5.41) is 6.74. The van der Waals surface area contributed by atoms with Crippen molar-refractivity contribution in [2.75, 3.05) is 60.1 Å². The second-order valence-electron chi connectivity index (χ2n) is 5.83. The predicted molar refractivity (Wildman–Crippen MR) is 113 cm³/mol. The van der Waals surface area contributed by atoms with Crippen LogP contribution in [0.5, 0.6) is 5.75 Å². The summed E-state index contributed by atoms with van der Waals surface area (Å²) >= 11 is 0. The minimum Gasteiger partial charge on any atom is -0.497 e. The molecule has 1 saturated heterocycles. The van der Waals surface area contributed by atoms with Crippen molar-refractivity contribution in [1.82, 2.24) is 15.5 Å². The Hall–Kier alpha value is -1.06. The third kappa shape index (κ3) is 8.73. The summed E-state index contributed by atoms with van der Waals surface area (Å²) in [5.74, 6) is 1.78. The first-order valence-electron chi connectivity index (χ1n) is 8.69. The zero-order valence-corrected chi connectivity index (χ0v) is 17.6. The van der Waals surface area contributed by atoms with E-state index in [0.717, 1.165) is 70.5 Å². The van der Waals surface area contributed by atoms with Crippen LogP contribution in [-0.2, 0) is 11.2 Å². The van der Waals surface area contributed by atoms with Gasteiger partial charge in [-0.15, -0.1) is 24.0 Å². The Morgan fingerprint density at radius 2 is 1.84 bits per heavy atom. The molecule has 7 heteroatoms. The minimum absolute atomic E-state index is 0. The molecule has 0 saturated carbocycles. The number of ether oxygens (including phenoxy) is 2. The average molecular weight is 462 g/mol. The Morgan fingerprint density at radius 1 is 1.16 bits per heavy atom. The fourth-order valence-electron chi connectivity index (χ4n) is 2.67. The number of benzene rings is 1. The number of morpholine rings is 1. The lowest BCUT2D eigenvalue weighted by Crippen LogP contribution is -2.44. The third-order valence-corrected chi connectivity index (χ3v) is 4.14. The van der Waals surface area contributed by atoms with Crippen molar-refractivity contribution in [3.63, 3.8) is 0 Å². The number of aryl methyl sites for hydroxylation is 1. The summed E-state index contributed by atoms with van der Waals surface area (Å²) in [6, 6.07) is 8.26. The topological polar surface area (TPSA) is 58.1 Å². The maximum Gasteiger partial charge on any atom is 0.191 e. The monoisotopic (exact) mass is 462 g/mol. The lowest BCUT2D eigenvalue weighted by molar-refractivity contribution is 0.0389. The van der Waals surface area contributed by atoms with E-state index in [9.17, 15) is 0 Å². The highest BCUT2D eigenvalue weighted by Crippen LogP contribution is 2.12. The summed E-state index contributed by atoms with van der Waals surface area (Å²) < 4.78 is 10.5. The molecule has 2 N–H and O–H groups in total. The molecule has 0 atom stereocenters. The first kappa shape index (κ1) is 22.0. The van der Waals surface area contributed by atoms with Gasteiger partial charge in [0.15, 0.2) is 5.96 Å². The zero-order valence-electron chi connectivity index (χ0n) is 15.3. The van der Waals surface area contributed by atoms with Crippen LogP contribution in [0.4, 0.5) is 0 Å². The third-order valence-electron chi connectivity index (χ3n) is 4.14. The van der Waals surface area contributed by atoms with Gasteiger partial charge in [0.05, 0.1) is 20.3 Å². The SMILES string of the molecule is CN=C(NCCCc1ccc(OC)cc1)NCCN1CCOCC1.I. The lowest BCUT2D eigenvalue weighted by atomic mass is 10.1. The Labute approximate surface area is 168 Å². The van der Waals surface area contributed by atoms with Gasteiger partial charge in [0.2, 0.25) is 0 Å². The normalized spacial score (nSPS) is 15.4. The Morgan fingerprint density at radius 3 is 2.48 bits per heavy atom. The van der Waals surface area contributed by atoms with Crippen molar-refractivity contribution in [3.8, 4) is 5.75 Å². The minimum atomic E-state index is 0. The van der Waals surface area contributed by atoms with Gasteiger partial charge < -0.3 is 20.1 Å². The summed E-state index contributed by atoms with van der Waals surface area (Å²) in [7, 11) is 3.50. The van der Waals surface area contributed by atoms with E-state index in [1.54, 1.807) is 7.11 Å². The van der Waals surface area contributed by atoms with Crippen LogP contribution in [0.2, 0.25) is 0 Å². The summed E-state index contributed by atoms with van der Waals surface area (Å²) in [5.41, 5.74) is 1.33. The van der Waals surface area contributed by atoms with Crippen LogP contribution >= 0.6 is 24.0 Å². The second-order valence-corrected chi connectivity index (χ2v) is 5.83. The molecule has 1 heterocycles. The van der Waals surface area contributed by atoms with E-state index < -0.39 is 0 Å². The molecule has 0 aliphatic carbocycles. The van der Waals surface area contributed by atoms with Gasteiger partial charge in [-0.1, -0.05) is 12.1 Å². The van der Waals surface area contributed by atoms with Gasteiger partial charge in [-0.3, -0.25) is 9.89 Å². The maximum atomic E-state index is 5.36. The molecule has 1 aliphatic heterocycles. The highest BCUT2D eigenvalue weighted by Gasteiger charge is 2.09. The van der Waals surface area contributed by atoms with Gasteiger partial charge in [-0.25, -0.2) is 0 Å². The first-order valence-corrected chi connectivity index (χ1v) is 8.69. The second kappa shape index (κ2) is 13.2. The highest BCUT2D eigenvalue weighted by molar-refractivity contribution is 14.0. The van der Waals surface area contributed by atoms with Crippen molar-refractivity contribution in [3.05, 3.63) is 29.8 Å².